The van der Waals surface area contributed by atoms with Gasteiger partial charge in [0.25, 0.3) is 0 Å². The largest absolute Gasteiger partial charge is 0.393 e. The highest BCUT2D eigenvalue weighted by atomic mass is 16.3. The van der Waals surface area contributed by atoms with Crippen molar-refractivity contribution in [2.45, 2.75) is 44.2 Å². The summed E-state index contributed by atoms with van der Waals surface area (Å²) in [7, 11) is 0. The number of hydrogen-bond donors (Lipinski definition) is 3. The Bertz CT molecular complexity index is 164. The first-order valence-electron chi connectivity index (χ1n) is 5.97. The second-order valence-electron chi connectivity index (χ2n) is 4.77. The molecule has 0 bridgehead atoms. The predicted molar refractivity (Wildman–Crippen MR) is 57.2 cm³/mol. The maximum atomic E-state index is 9.40. The molecule has 82 valence electrons. The lowest BCUT2D eigenvalue weighted by Gasteiger charge is -2.25. The number of piperidine rings is 1. The predicted octanol–water partition coefficient (Wildman–Crippen LogP) is 0.489. The fraction of sp³-hybridized carbons (Fsp3) is 1.00. The number of aliphatic hydroxyl groups is 1. The second-order valence-corrected chi connectivity index (χ2v) is 4.77. The summed E-state index contributed by atoms with van der Waals surface area (Å²) in [6, 6.07) is 0.717. The van der Waals surface area contributed by atoms with Crippen molar-refractivity contribution in [3.63, 3.8) is 0 Å². The van der Waals surface area contributed by atoms with E-state index in [1.54, 1.807) is 0 Å². The van der Waals surface area contributed by atoms with Crippen LogP contribution in [0.4, 0.5) is 0 Å². The third kappa shape index (κ3) is 2.94. The van der Waals surface area contributed by atoms with Gasteiger partial charge in [-0.25, -0.2) is 0 Å². The van der Waals surface area contributed by atoms with Gasteiger partial charge in [0.05, 0.1) is 6.10 Å². The molecule has 0 aromatic heterocycles. The van der Waals surface area contributed by atoms with Crippen LogP contribution >= 0.6 is 0 Å². The van der Waals surface area contributed by atoms with Gasteiger partial charge in [-0.2, -0.15) is 0 Å². The van der Waals surface area contributed by atoms with Crippen molar-refractivity contribution in [2.75, 3.05) is 19.6 Å². The van der Waals surface area contributed by atoms with Crippen molar-refractivity contribution in [1.82, 2.24) is 10.6 Å². The van der Waals surface area contributed by atoms with Gasteiger partial charge >= 0.3 is 0 Å². The third-order valence-corrected chi connectivity index (χ3v) is 3.55. The first kappa shape index (κ1) is 10.4. The first-order valence-corrected chi connectivity index (χ1v) is 5.97. The Hall–Kier alpha value is -0.120. The molecule has 0 amide bonds. The summed E-state index contributed by atoms with van der Waals surface area (Å²) in [6.07, 6.45) is 5.73. The quantitative estimate of drug-likeness (QED) is 0.618. The molecule has 0 radical (unpaired) electrons. The zero-order chi connectivity index (χ0) is 9.80. The fourth-order valence-electron chi connectivity index (χ4n) is 2.59. The molecule has 3 N–H and O–H groups in total. The van der Waals surface area contributed by atoms with Crippen molar-refractivity contribution in [3.8, 4) is 0 Å². The van der Waals surface area contributed by atoms with E-state index in [9.17, 15) is 5.11 Å². The van der Waals surface area contributed by atoms with Gasteiger partial charge in [-0.05, 0) is 57.7 Å². The van der Waals surface area contributed by atoms with Crippen LogP contribution in [0.25, 0.3) is 0 Å². The smallest absolute Gasteiger partial charge is 0.0543 e. The third-order valence-electron chi connectivity index (χ3n) is 3.55. The highest BCUT2D eigenvalue weighted by molar-refractivity contribution is 4.80. The molecule has 0 aromatic rings. The van der Waals surface area contributed by atoms with Crippen LogP contribution in [0.5, 0.6) is 0 Å². The highest BCUT2D eigenvalue weighted by Crippen LogP contribution is 2.24. The Morgan fingerprint density at radius 1 is 1.14 bits per heavy atom. The van der Waals surface area contributed by atoms with Crippen LogP contribution in [0, 0.1) is 5.92 Å². The minimum absolute atomic E-state index is 0.0187. The molecule has 0 spiro atoms. The lowest BCUT2D eigenvalue weighted by molar-refractivity contribution is 0.176. The summed E-state index contributed by atoms with van der Waals surface area (Å²) < 4.78 is 0. The lowest BCUT2D eigenvalue weighted by atomic mass is 10.0. The average Bonchev–Trinajstić information content (AvgIpc) is 2.63. The topological polar surface area (TPSA) is 44.3 Å². The fourth-order valence-corrected chi connectivity index (χ4v) is 2.59. The van der Waals surface area contributed by atoms with Crippen LogP contribution < -0.4 is 10.6 Å². The highest BCUT2D eigenvalue weighted by Gasteiger charge is 2.23. The molecule has 2 unspecified atom stereocenters. The van der Waals surface area contributed by atoms with Gasteiger partial charge in [0.2, 0.25) is 0 Å². The standard InChI is InChI=1S/C11H22N2O/c14-11-2-1-9(7-11)8-13-10-3-5-12-6-4-10/h9-14H,1-8H2. The van der Waals surface area contributed by atoms with Gasteiger partial charge in [-0.1, -0.05) is 0 Å². The summed E-state index contributed by atoms with van der Waals surface area (Å²) in [6.45, 7) is 3.43. The molecule has 2 atom stereocenters. The van der Waals surface area contributed by atoms with E-state index in [-0.39, 0.29) is 6.10 Å². The number of hydrogen-bond acceptors (Lipinski definition) is 3. The normalized spacial score (nSPS) is 34.9. The van der Waals surface area contributed by atoms with Gasteiger partial charge in [0, 0.05) is 6.04 Å². The average molecular weight is 198 g/mol. The zero-order valence-corrected chi connectivity index (χ0v) is 8.84. The van der Waals surface area contributed by atoms with Crippen molar-refractivity contribution in [2.24, 2.45) is 5.92 Å². The van der Waals surface area contributed by atoms with Crippen molar-refractivity contribution in [1.29, 1.82) is 0 Å². The number of rotatable bonds is 3. The molecule has 2 aliphatic rings. The maximum absolute atomic E-state index is 9.40. The van der Waals surface area contributed by atoms with E-state index in [1.807, 2.05) is 0 Å². The van der Waals surface area contributed by atoms with Gasteiger partial charge < -0.3 is 15.7 Å². The number of nitrogens with one attached hydrogen (secondary N) is 2. The summed E-state index contributed by atoms with van der Waals surface area (Å²) in [5, 5.41) is 16.4. The summed E-state index contributed by atoms with van der Waals surface area (Å²) in [5.74, 6) is 0.722. The van der Waals surface area contributed by atoms with Crippen LogP contribution in [-0.2, 0) is 0 Å². The zero-order valence-electron chi connectivity index (χ0n) is 8.84. The Morgan fingerprint density at radius 2 is 1.93 bits per heavy atom. The minimum atomic E-state index is -0.0187. The second kappa shape index (κ2) is 5.10. The first-order chi connectivity index (χ1) is 6.84. The number of aliphatic hydroxyl groups excluding tert-OH is 1. The van der Waals surface area contributed by atoms with Crippen molar-refractivity contribution >= 4 is 0 Å². The Labute approximate surface area is 86.3 Å². The van der Waals surface area contributed by atoms with Gasteiger partial charge in [-0.3, -0.25) is 0 Å². The molecule has 1 heterocycles. The Balaban J connectivity index is 1.61. The maximum Gasteiger partial charge on any atom is 0.0543 e. The molecule has 1 saturated carbocycles. The monoisotopic (exact) mass is 198 g/mol. The van der Waals surface area contributed by atoms with E-state index in [4.69, 9.17) is 0 Å². The van der Waals surface area contributed by atoms with Gasteiger partial charge in [-0.15, -0.1) is 0 Å². The van der Waals surface area contributed by atoms with E-state index in [1.165, 1.54) is 19.3 Å². The SMILES string of the molecule is OC1CCC(CNC2CCNCC2)C1. The van der Waals surface area contributed by atoms with Crippen molar-refractivity contribution < 1.29 is 5.11 Å². The molecule has 2 fully saturated rings. The molecular weight excluding hydrogens is 176 g/mol. The van der Waals surface area contributed by atoms with Crippen LogP contribution in [-0.4, -0.2) is 36.9 Å². The van der Waals surface area contributed by atoms with E-state index >= 15 is 0 Å². The Kier molecular flexibility index (Phi) is 3.79. The Morgan fingerprint density at radius 3 is 2.57 bits per heavy atom. The summed E-state index contributed by atoms with van der Waals surface area (Å²) in [5.41, 5.74) is 0. The van der Waals surface area contributed by atoms with Crippen LogP contribution in [0.3, 0.4) is 0 Å². The van der Waals surface area contributed by atoms with E-state index in [2.05, 4.69) is 10.6 Å². The van der Waals surface area contributed by atoms with Crippen LogP contribution in [0.1, 0.15) is 32.1 Å². The minimum Gasteiger partial charge on any atom is -0.393 e. The molecule has 3 heteroatoms. The summed E-state index contributed by atoms with van der Waals surface area (Å²) in [4.78, 5) is 0. The molecule has 2 rings (SSSR count). The molecular formula is C11H22N2O. The van der Waals surface area contributed by atoms with E-state index in [0.717, 1.165) is 38.4 Å². The van der Waals surface area contributed by atoms with Crippen LogP contribution in [0.15, 0.2) is 0 Å². The molecule has 14 heavy (non-hydrogen) atoms. The van der Waals surface area contributed by atoms with E-state index < -0.39 is 0 Å². The van der Waals surface area contributed by atoms with Crippen molar-refractivity contribution in [3.05, 3.63) is 0 Å². The summed E-state index contributed by atoms with van der Waals surface area (Å²) >= 11 is 0. The lowest BCUT2D eigenvalue weighted by Crippen LogP contribution is -2.41. The van der Waals surface area contributed by atoms with E-state index in [0.29, 0.717) is 6.04 Å². The van der Waals surface area contributed by atoms with Gasteiger partial charge in [0.1, 0.15) is 0 Å². The molecule has 1 aliphatic heterocycles. The van der Waals surface area contributed by atoms with Crippen LogP contribution in [0.2, 0.25) is 0 Å². The molecule has 0 aromatic carbocycles. The molecule has 1 aliphatic carbocycles. The molecule has 3 nitrogen and oxygen atoms in total. The van der Waals surface area contributed by atoms with Gasteiger partial charge in [0.15, 0.2) is 0 Å². The molecule has 1 saturated heterocycles.